The maximum absolute atomic E-state index is 9.01. The maximum Gasteiger partial charge on any atom is 0.137 e. The van der Waals surface area contributed by atoms with Gasteiger partial charge in [-0.3, -0.25) is 0 Å². The average Bonchev–Trinajstić information content (AvgIpc) is 3.16. The summed E-state index contributed by atoms with van der Waals surface area (Å²) in [4.78, 5) is 3.93. The molecule has 0 aliphatic heterocycles. The van der Waals surface area contributed by atoms with Crippen LogP contribution in [0.3, 0.4) is 0 Å². The van der Waals surface area contributed by atoms with Crippen molar-refractivity contribution in [3.05, 3.63) is 83.4 Å². The normalized spacial score (nSPS) is 11.3. The van der Waals surface area contributed by atoms with Crippen molar-refractivity contribution in [1.29, 1.82) is 10.5 Å². The highest BCUT2D eigenvalue weighted by atomic mass is 15.3. The van der Waals surface area contributed by atoms with Crippen LogP contribution >= 0.6 is 0 Å². The number of nitriles is 2. The Hall–Kier alpha value is -3.44. The smallest absolute Gasteiger partial charge is 0.137 e. The SMILES string of the molecule is [2H]C(c1ccc(C#N)cc1)(c1ccc(C#N)cc1)n1cncn1. The third-order valence-corrected chi connectivity index (χ3v) is 3.22. The Bertz CT molecular complexity index is 827. The minimum absolute atomic E-state index is 0.523. The van der Waals surface area contributed by atoms with E-state index in [0.717, 1.165) is 0 Å². The van der Waals surface area contributed by atoms with Gasteiger partial charge in [0.05, 0.1) is 24.6 Å². The van der Waals surface area contributed by atoms with E-state index in [1.165, 1.54) is 17.3 Å². The average molecular weight is 286 g/mol. The van der Waals surface area contributed by atoms with Gasteiger partial charge in [-0.2, -0.15) is 15.6 Å². The molecule has 3 rings (SSSR count). The molecule has 0 saturated carbocycles. The summed E-state index contributed by atoms with van der Waals surface area (Å²) in [5.74, 6) is 0. The van der Waals surface area contributed by atoms with Gasteiger partial charge >= 0.3 is 0 Å². The zero-order chi connectivity index (χ0) is 16.3. The van der Waals surface area contributed by atoms with Crippen molar-refractivity contribution < 1.29 is 1.37 Å². The van der Waals surface area contributed by atoms with Crippen LogP contribution in [0.25, 0.3) is 0 Å². The summed E-state index contributed by atoms with van der Waals surface area (Å²) in [6.07, 6.45) is 2.85. The van der Waals surface area contributed by atoms with Gasteiger partial charge in [-0.25, -0.2) is 9.67 Å². The summed E-state index contributed by atoms with van der Waals surface area (Å²) in [6.45, 7) is 0. The van der Waals surface area contributed by atoms with Crippen LogP contribution in [0.15, 0.2) is 61.2 Å². The van der Waals surface area contributed by atoms with Gasteiger partial charge in [0.25, 0.3) is 0 Å². The van der Waals surface area contributed by atoms with Crippen molar-refractivity contribution in [2.75, 3.05) is 0 Å². The van der Waals surface area contributed by atoms with Gasteiger partial charge in [0.15, 0.2) is 0 Å². The number of hydrogen-bond acceptors (Lipinski definition) is 4. The molecular formula is C17H11N5. The Labute approximate surface area is 129 Å². The molecule has 2 aromatic carbocycles. The van der Waals surface area contributed by atoms with Crippen molar-refractivity contribution in [2.45, 2.75) is 6.02 Å². The van der Waals surface area contributed by atoms with Gasteiger partial charge < -0.3 is 0 Å². The van der Waals surface area contributed by atoms with Crippen molar-refractivity contribution >= 4 is 0 Å². The van der Waals surface area contributed by atoms with Crippen LogP contribution in [-0.2, 0) is 0 Å². The minimum atomic E-state index is -1.33. The topological polar surface area (TPSA) is 78.3 Å². The van der Waals surface area contributed by atoms with Crippen molar-refractivity contribution in [1.82, 2.24) is 14.8 Å². The molecule has 104 valence electrons. The molecule has 5 nitrogen and oxygen atoms in total. The molecule has 0 unspecified atom stereocenters. The fraction of sp³-hybridized carbons (Fsp3) is 0.0588. The lowest BCUT2D eigenvalue weighted by atomic mass is 9.97. The first kappa shape index (κ1) is 12.3. The molecule has 0 amide bonds. The lowest BCUT2D eigenvalue weighted by Crippen LogP contribution is -2.13. The predicted molar refractivity (Wildman–Crippen MR) is 79.6 cm³/mol. The van der Waals surface area contributed by atoms with E-state index in [4.69, 9.17) is 11.9 Å². The fourth-order valence-corrected chi connectivity index (χ4v) is 2.16. The van der Waals surface area contributed by atoms with Crippen molar-refractivity contribution in [3.8, 4) is 12.1 Å². The Morgan fingerprint density at radius 3 is 1.77 bits per heavy atom. The van der Waals surface area contributed by atoms with Crippen LogP contribution in [-0.4, -0.2) is 14.8 Å². The number of nitrogens with zero attached hydrogens (tertiary/aromatic N) is 5. The minimum Gasteiger partial charge on any atom is -0.241 e. The van der Waals surface area contributed by atoms with Crippen LogP contribution < -0.4 is 0 Å². The Balaban J connectivity index is 2.18. The molecule has 0 N–H and O–H groups in total. The van der Waals surface area contributed by atoms with Gasteiger partial charge in [0, 0.05) is 0 Å². The first-order valence-corrected chi connectivity index (χ1v) is 6.55. The van der Waals surface area contributed by atoms with Crippen LogP contribution in [0.2, 0.25) is 0 Å². The Morgan fingerprint density at radius 1 is 0.909 bits per heavy atom. The predicted octanol–water partition coefficient (Wildman–Crippen LogP) is 2.66. The van der Waals surface area contributed by atoms with Crippen LogP contribution in [0.5, 0.6) is 0 Å². The third kappa shape index (κ3) is 2.56. The Morgan fingerprint density at radius 2 is 1.41 bits per heavy atom. The lowest BCUT2D eigenvalue weighted by Gasteiger charge is -2.18. The highest BCUT2D eigenvalue weighted by Crippen LogP contribution is 2.26. The summed E-state index contributed by atoms with van der Waals surface area (Å²) in [5.41, 5.74) is 2.34. The second-order valence-electron chi connectivity index (χ2n) is 4.57. The molecule has 1 aromatic heterocycles. The first-order chi connectivity index (χ1) is 11.2. The van der Waals surface area contributed by atoms with E-state index in [-0.39, 0.29) is 0 Å². The monoisotopic (exact) mass is 286 g/mol. The summed E-state index contributed by atoms with van der Waals surface area (Å²) in [7, 11) is 0. The molecule has 0 atom stereocenters. The Kier molecular flexibility index (Phi) is 3.30. The van der Waals surface area contributed by atoms with Crippen LogP contribution in [0, 0.1) is 22.7 Å². The summed E-state index contributed by atoms with van der Waals surface area (Å²) < 4.78 is 10.5. The molecule has 22 heavy (non-hydrogen) atoms. The van der Waals surface area contributed by atoms with Gasteiger partial charge in [-0.15, -0.1) is 0 Å². The number of aromatic nitrogens is 3. The molecule has 0 saturated heterocycles. The summed E-state index contributed by atoms with van der Waals surface area (Å²) >= 11 is 0. The second-order valence-corrected chi connectivity index (χ2v) is 4.57. The first-order valence-electron chi connectivity index (χ1n) is 7.05. The molecule has 0 fully saturated rings. The van der Waals surface area contributed by atoms with Crippen molar-refractivity contribution in [3.63, 3.8) is 0 Å². The lowest BCUT2D eigenvalue weighted by molar-refractivity contribution is 0.594. The second kappa shape index (κ2) is 5.90. The molecule has 0 aliphatic rings. The van der Waals surface area contributed by atoms with Gasteiger partial charge in [0.1, 0.15) is 18.7 Å². The van der Waals surface area contributed by atoms with Gasteiger partial charge in [-0.05, 0) is 35.4 Å². The quantitative estimate of drug-likeness (QED) is 0.741. The maximum atomic E-state index is 9.01. The number of benzene rings is 2. The van der Waals surface area contributed by atoms with E-state index in [1.54, 1.807) is 48.5 Å². The number of hydrogen-bond donors (Lipinski definition) is 0. The van der Waals surface area contributed by atoms with Crippen LogP contribution in [0.4, 0.5) is 0 Å². The third-order valence-electron chi connectivity index (χ3n) is 3.22. The van der Waals surface area contributed by atoms with Gasteiger partial charge in [-0.1, -0.05) is 24.3 Å². The van der Waals surface area contributed by atoms with Crippen LogP contribution in [0.1, 0.15) is 29.6 Å². The molecular weight excluding hydrogens is 274 g/mol. The fourth-order valence-electron chi connectivity index (χ4n) is 2.16. The number of rotatable bonds is 3. The molecule has 0 aliphatic carbocycles. The van der Waals surface area contributed by atoms with E-state index in [9.17, 15) is 0 Å². The van der Waals surface area contributed by atoms with E-state index in [2.05, 4.69) is 22.2 Å². The highest BCUT2D eigenvalue weighted by molar-refractivity contribution is 5.40. The molecule has 5 heteroatoms. The van der Waals surface area contributed by atoms with E-state index >= 15 is 0 Å². The molecule has 0 spiro atoms. The molecule has 3 aromatic rings. The summed E-state index contributed by atoms with van der Waals surface area (Å²) in [5, 5.41) is 22.0. The highest BCUT2D eigenvalue weighted by Gasteiger charge is 2.17. The summed E-state index contributed by atoms with van der Waals surface area (Å²) in [6, 6.07) is 16.4. The van der Waals surface area contributed by atoms with E-state index in [0.29, 0.717) is 22.3 Å². The zero-order valence-electron chi connectivity index (χ0n) is 12.5. The molecule has 1 heterocycles. The standard InChI is InChI=1S/C17H11N5/c18-9-13-1-5-15(6-2-13)17(22-12-20-11-21-22)16-7-3-14(10-19)4-8-16/h1-8,11-12,17H/i17D. The van der Waals surface area contributed by atoms with Gasteiger partial charge in [0.2, 0.25) is 0 Å². The van der Waals surface area contributed by atoms with E-state index < -0.39 is 6.02 Å². The van der Waals surface area contributed by atoms with Crippen molar-refractivity contribution in [2.24, 2.45) is 0 Å². The molecule has 0 radical (unpaired) electrons. The largest absolute Gasteiger partial charge is 0.241 e. The molecule has 0 bridgehead atoms. The van der Waals surface area contributed by atoms with E-state index in [1.807, 2.05) is 0 Å². The zero-order valence-corrected chi connectivity index (χ0v) is 11.5.